The van der Waals surface area contributed by atoms with Gasteiger partial charge in [0, 0.05) is 6.04 Å². The summed E-state index contributed by atoms with van der Waals surface area (Å²) in [6.07, 6.45) is 3.74. The van der Waals surface area contributed by atoms with E-state index >= 15 is 0 Å². The van der Waals surface area contributed by atoms with Crippen molar-refractivity contribution in [3.05, 3.63) is 0 Å². The van der Waals surface area contributed by atoms with E-state index in [-0.39, 0.29) is 28.9 Å². The third kappa shape index (κ3) is 2.79. The summed E-state index contributed by atoms with van der Waals surface area (Å²) in [7, 11) is 0. The molecule has 0 radical (unpaired) electrons. The van der Waals surface area contributed by atoms with Crippen molar-refractivity contribution in [1.29, 1.82) is 0 Å². The first-order valence-electron chi connectivity index (χ1n) is 3.70. The Balaban J connectivity index is 0.000001000. The van der Waals surface area contributed by atoms with E-state index in [1.165, 1.54) is 0 Å². The SMILES string of the molecule is Br.N[C@@H]1CCCC[C@@H]1C(=O)O. The second-order valence-electron chi connectivity index (χ2n) is 2.89. The maximum atomic E-state index is 10.5. The number of hydrogen-bond donors (Lipinski definition) is 2. The van der Waals surface area contributed by atoms with Crippen LogP contribution in [0.2, 0.25) is 0 Å². The van der Waals surface area contributed by atoms with E-state index in [0.29, 0.717) is 0 Å². The number of nitrogens with two attached hydrogens (primary N) is 1. The van der Waals surface area contributed by atoms with Crippen LogP contribution < -0.4 is 5.73 Å². The Morgan fingerprint density at radius 2 is 1.91 bits per heavy atom. The Hall–Kier alpha value is -0.0900. The zero-order chi connectivity index (χ0) is 7.56. The van der Waals surface area contributed by atoms with Gasteiger partial charge in [-0.05, 0) is 12.8 Å². The highest BCUT2D eigenvalue weighted by Crippen LogP contribution is 2.22. The van der Waals surface area contributed by atoms with Crippen molar-refractivity contribution in [3.63, 3.8) is 0 Å². The maximum absolute atomic E-state index is 10.5. The standard InChI is InChI=1S/C7H13NO2.BrH/c8-6-4-2-1-3-5(6)7(9)10;/h5-6H,1-4,8H2,(H,9,10);1H/t5-,6+;/m0./s1. The fraction of sp³-hybridized carbons (Fsp3) is 0.857. The molecule has 11 heavy (non-hydrogen) atoms. The predicted octanol–water partition coefficient (Wildman–Crippen LogP) is 1.17. The minimum atomic E-state index is -0.729. The zero-order valence-corrected chi connectivity index (χ0v) is 8.04. The lowest BCUT2D eigenvalue weighted by Crippen LogP contribution is -2.37. The minimum absolute atomic E-state index is 0. The molecule has 1 aliphatic rings. The summed E-state index contributed by atoms with van der Waals surface area (Å²) in [6, 6.07) is -0.105. The lowest BCUT2D eigenvalue weighted by atomic mass is 9.85. The topological polar surface area (TPSA) is 63.3 Å². The van der Waals surface area contributed by atoms with Gasteiger partial charge in [-0.2, -0.15) is 0 Å². The Kier molecular flexibility index (Phi) is 4.68. The molecule has 3 N–H and O–H groups in total. The highest BCUT2D eigenvalue weighted by atomic mass is 79.9. The number of aliphatic carboxylic acids is 1. The molecule has 0 unspecified atom stereocenters. The smallest absolute Gasteiger partial charge is 0.308 e. The van der Waals surface area contributed by atoms with Crippen LogP contribution in [0.25, 0.3) is 0 Å². The van der Waals surface area contributed by atoms with Gasteiger partial charge < -0.3 is 10.8 Å². The van der Waals surface area contributed by atoms with Crippen LogP contribution in [-0.4, -0.2) is 17.1 Å². The monoisotopic (exact) mass is 223 g/mol. The van der Waals surface area contributed by atoms with E-state index < -0.39 is 5.97 Å². The Labute approximate surface area is 76.7 Å². The molecule has 1 fully saturated rings. The molecule has 66 valence electrons. The summed E-state index contributed by atoms with van der Waals surface area (Å²) in [5.74, 6) is -1.01. The normalized spacial score (nSPS) is 30.6. The van der Waals surface area contributed by atoms with Crippen LogP contribution in [-0.2, 0) is 4.79 Å². The molecule has 0 amide bonds. The van der Waals surface area contributed by atoms with Crippen LogP contribution in [0.5, 0.6) is 0 Å². The second-order valence-corrected chi connectivity index (χ2v) is 2.89. The van der Waals surface area contributed by atoms with Crippen molar-refractivity contribution in [2.45, 2.75) is 31.7 Å². The van der Waals surface area contributed by atoms with Crippen molar-refractivity contribution in [2.24, 2.45) is 11.7 Å². The van der Waals surface area contributed by atoms with Gasteiger partial charge in [0.15, 0.2) is 0 Å². The molecule has 0 bridgehead atoms. The molecule has 1 rings (SSSR count). The van der Waals surface area contributed by atoms with Crippen molar-refractivity contribution in [2.75, 3.05) is 0 Å². The van der Waals surface area contributed by atoms with Gasteiger partial charge in [-0.3, -0.25) is 4.79 Å². The lowest BCUT2D eigenvalue weighted by molar-refractivity contribution is -0.143. The first kappa shape index (κ1) is 10.9. The van der Waals surface area contributed by atoms with Crippen molar-refractivity contribution < 1.29 is 9.90 Å². The molecule has 0 aromatic carbocycles. The third-order valence-corrected chi connectivity index (χ3v) is 2.14. The second kappa shape index (κ2) is 4.72. The van der Waals surface area contributed by atoms with E-state index in [1.807, 2.05) is 0 Å². The summed E-state index contributed by atoms with van der Waals surface area (Å²) in [4.78, 5) is 10.5. The lowest BCUT2D eigenvalue weighted by Gasteiger charge is -2.24. The first-order valence-corrected chi connectivity index (χ1v) is 3.70. The molecule has 0 spiro atoms. The van der Waals surface area contributed by atoms with Crippen LogP contribution in [0.3, 0.4) is 0 Å². The van der Waals surface area contributed by atoms with Gasteiger partial charge in [0.2, 0.25) is 0 Å². The van der Waals surface area contributed by atoms with E-state index in [1.54, 1.807) is 0 Å². The summed E-state index contributed by atoms with van der Waals surface area (Å²) in [5, 5.41) is 8.63. The number of carboxylic acid groups (broad SMARTS) is 1. The van der Waals surface area contributed by atoms with Crippen LogP contribution >= 0.6 is 17.0 Å². The van der Waals surface area contributed by atoms with Crippen LogP contribution in [0.4, 0.5) is 0 Å². The highest BCUT2D eigenvalue weighted by molar-refractivity contribution is 8.93. The van der Waals surface area contributed by atoms with Crippen LogP contribution in [0, 0.1) is 5.92 Å². The van der Waals surface area contributed by atoms with E-state index in [4.69, 9.17) is 10.8 Å². The van der Waals surface area contributed by atoms with Crippen molar-refractivity contribution >= 4 is 23.0 Å². The van der Waals surface area contributed by atoms with Crippen molar-refractivity contribution in [1.82, 2.24) is 0 Å². The average Bonchev–Trinajstić information content (AvgIpc) is 1.88. The summed E-state index contributed by atoms with van der Waals surface area (Å²) in [6.45, 7) is 0. The minimum Gasteiger partial charge on any atom is -0.481 e. The van der Waals surface area contributed by atoms with E-state index in [0.717, 1.165) is 25.7 Å². The molecule has 4 heteroatoms. The molecule has 1 aliphatic carbocycles. The molecule has 0 aliphatic heterocycles. The molecule has 0 aromatic heterocycles. The Morgan fingerprint density at radius 3 is 2.27 bits per heavy atom. The fourth-order valence-electron chi connectivity index (χ4n) is 1.47. The van der Waals surface area contributed by atoms with Crippen LogP contribution in [0.1, 0.15) is 25.7 Å². The van der Waals surface area contributed by atoms with Gasteiger partial charge in [-0.25, -0.2) is 0 Å². The van der Waals surface area contributed by atoms with E-state index in [2.05, 4.69) is 0 Å². The van der Waals surface area contributed by atoms with Gasteiger partial charge >= 0.3 is 5.97 Å². The highest BCUT2D eigenvalue weighted by Gasteiger charge is 2.27. The number of rotatable bonds is 1. The summed E-state index contributed by atoms with van der Waals surface area (Å²) >= 11 is 0. The number of halogens is 1. The van der Waals surface area contributed by atoms with Gasteiger partial charge in [0.25, 0.3) is 0 Å². The molecular weight excluding hydrogens is 210 g/mol. The number of carboxylic acids is 1. The summed E-state index contributed by atoms with van der Waals surface area (Å²) in [5.41, 5.74) is 5.60. The third-order valence-electron chi connectivity index (χ3n) is 2.14. The molecule has 0 saturated heterocycles. The zero-order valence-electron chi connectivity index (χ0n) is 6.32. The van der Waals surface area contributed by atoms with Gasteiger partial charge in [0.1, 0.15) is 0 Å². The Bertz CT molecular complexity index is 140. The predicted molar refractivity (Wildman–Crippen MR) is 47.9 cm³/mol. The van der Waals surface area contributed by atoms with Crippen molar-refractivity contribution in [3.8, 4) is 0 Å². The maximum Gasteiger partial charge on any atom is 0.308 e. The van der Waals surface area contributed by atoms with E-state index in [9.17, 15) is 4.79 Å². The van der Waals surface area contributed by atoms with Gasteiger partial charge in [0.05, 0.1) is 5.92 Å². The summed E-state index contributed by atoms with van der Waals surface area (Å²) < 4.78 is 0. The molecule has 0 heterocycles. The first-order chi connectivity index (χ1) is 4.72. The largest absolute Gasteiger partial charge is 0.481 e. The van der Waals surface area contributed by atoms with Gasteiger partial charge in [-0.1, -0.05) is 12.8 Å². The van der Waals surface area contributed by atoms with Crippen LogP contribution in [0.15, 0.2) is 0 Å². The molecule has 3 nitrogen and oxygen atoms in total. The molecule has 2 atom stereocenters. The number of carbonyl (C=O) groups is 1. The fourth-order valence-corrected chi connectivity index (χ4v) is 1.47. The quantitative estimate of drug-likeness (QED) is 0.702. The molecule has 1 saturated carbocycles. The molecule has 0 aromatic rings. The average molecular weight is 224 g/mol. The Morgan fingerprint density at radius 1 is 1.36 bits per heavy atom. The molecular formula is C7H14BrNO2. The number of hydrogen-bond acceptors (Lipinski definition) is 2. The van der Waals surface area contributed by atoms with Gasteiger partial charge in [-0.15, -0.1) is 17.0 Å².